The van der Waals surface area contributed by atoms with E-state index < -0.39 is 11.9 Å². The number of nitrogens with zero attached hydrogens (tertiary/aromatic N) is 1. The van der Waals surface area contributed by atoms with Crippen LogP contribution in [0.15, 0.2) is 48.7 Å². The van der Waals surface area contributed by atoms with Crippen molar-refractivity contribution in [3.8, 4) is 5.75 Å². The van der Waals surface area contributed by atoms with E-state index in [1.165, 1.54) is 7.11 Å². The number of aryl methyl sites for hydroxylation is 2. The molecule has 3 rings (SSSR count). The minimum absolute atomic E-state index is 0.386. The van der Waals surface area contributed by atoms with Gasteiger partial charge in [0.1, 0.15) is 5.75 Å². The van der Waals surface area contributed by atoms with E-state index in [1.807, 2.05) is 36.6 Å². The van der Waals surface area contributed by atoms with Gasteiger partial charge in [0.15, 0.2) is 0 Å². The van der Waals surface area contributed by atoms with E-state index >= 15 is 0 Å². The summed E-state index contributed by atoms with van der Waals surface area (Å²) in [4.78, 5) is 24.3. The summed E-state index contributed by atoms with van der Waals surface area (Å²) in [7, 11) is 1.35. The first kappa shape index (κ1) is 16.8. The van der Waals surface area contributed by atoms with Crippen LogP contribution in [-0.2, 0) is 11.3 Å². The van der Waals surface area contributed by atoms with Gasteiger partial charge in [0, 0.05) is 23.6 Å². The maximum atomic E-state index is 12.3. The highest BCUT2D eigenvalue weighted by atomic mass is 16.5. The lowest BCUT2D eigenvalue weighted by atomic mass is 10.1. The standard InChI is InChI=1S/C20H19NO4/c1-4-21-12-17(20(23)24-3)16-11-15(9-10-18(16)21)25-19(22)14-7-5-13(2)6-8-14/h5-12H,4H2,1-3H3. The molecule has 0 spiro atoms. The van der Waals surface area contributed by atoms with Crippen molar-refractivity contribution >= 4 is 22.8 Å². The number of benzene rings is 2. The van der Waals surface area contributed by atoms with Crippen molar-refractivity contribution in [3.63, 3.8) is 0 Å². The fourth-order valence-electron chi connectivity index (χ4n) is 2.73. The molecule has 0 atom stereocenters. The molecule has 5 nitrogen and oxygen atoms in total. The van der Waals surface area contributed by atoms with E-state index in [4.69, 9.17) is 9.47 Å². The number of carbonyl (C=O) groups is 2. The van der Waals surface area contributed by atoms with Crippen LogP contribution >= 0.6 is 0 Å². The lowest BCUT2D eigenvalue weighted by Gasteiger charge is -2.06. The Hall–Kier alpha value is -3.08. The molecule has 0 aliphatic heterocycles. The summed E-state index contributed by atoms with van der Waals surface area (Å²) >= 11 is 0. The summed E-state index contributed by atoms with van der Waals surface area (Å²) in [6.45, 7) is 4.66. The van der Waals surface area contributed by atoms with Crippen LogP contribution in [0.3, 0.4) is 0 Å². The highest BCUT2D eigenvalue weighted by molar-refractivity contribution is 6.05. The number of carbonyl (C=O) groups excluding carboxylic acids is 2. The zero-order valence-corrected chi connectivity index (χ0v) is 14.4. The number of hydrogen-bond acceptors (Lipinski definition) is 4. The molecule has 0 aliphatic rings. The summed E-state index contributed by atoms with van der Waals surface area (Å²) in [6, 6.07) is 12.4. The SMILES string of the molecule is CCn1cc(C(=O)OC)c2cc(OC(=O)c3ccc(C)cc3)ccc21. The van der Waals surface area contributed by atoms with E-state index in [0.29, 0.717) is 22.3 Å². The number of methoxy groups -OCH3 is 1. The summed E-state index contributed by atoms with van der Waals surface area (Å²) in [6.07, 6.45) is 1.75. The van der Waals surface area contributed by atoms with Crippen LogP contribution in [0.4, 0.5) is 0 Å². The Kier molecular flexibility index (Phi) is 4.57. The van der Waals surface area contributed by atoms with Gasteiger partial charge in [-0.1, -0.05) is 17.7 Å². The van der Waals surface area contributed by atoms with Crippen LogP contribution in [0.5, 0.6) is 5.75 Å². The first-order valence-corrected chi connectivity index (χ1v) is 8.03. The molecule has 1 heterocycles. The highest BCUT2D eigenvalue weighted by Crippen LogP contribution is 2.27. The molecule has 0 aliphatic carbocycles. The predicted molar refractivity (Wildman–Crippen MR) is 95.1 cm³/mol. The van der Waals surface area contributed by atoms with Crippen molar-refractivity contribution in [1.29, 1.82) is 0 Å². The molecule has 0 unspecified atom stereocenters. The Balaban J connectivity index is 1.96. The highest BCUT2D eigenvalue weighted by Gasteiger charge is 2.17. The molecule has 0 saturated carbocycles. The van der Waals surface area contributed by atoms with Gasteiger partial charge in [0.25, 0.3) is 0 Å². The Morgan fingerprint density at radius 1 is 1.04 bits per heavy atom. The van der Waals surface area contributed by atoms with Crippen LogP contribution in [-0.4, -0.2) is 23.6 Å². The van der Waals surface area contributed by atoms with Crippen LogP contribution in [0, 0.1) is 6.92 Å². The van der Waals surface area contributed by atoms with Gasteiger partial charge in [-0.15, -0.1) is 0 Å². The molecule has 0 saturated heterocycles. The second-order valence-corrected chi connectivity index (χ2v) is 5.75. The lowest BCUT2D eigenvalue weighted by Crippen LogP contribution is -2.08. The zero-order chi connectivity index (χ0) is 18.0. The fraction of sp³-hybridized carbons (Fsp3) is 0.200. The average molecular weight is 337 g/mol. The quantitative estimate of drug-likeness (QED) is 0.534. The van der Waals surface area contributed by atoms with Crippen LogP contribution < -0.4 is 4.74 Å². The van der Waals surface area contributed by atoms with Crippen LogP contribution in [0.2, 0.25) is 0 Å². The third kappa shape index (κ3) is 3.26. The average Bonchev–Trinajstić information content (AvgIpc) is 2.99. The Bertz CT molecular complexity index is 938. The van der Waals surface area contributed by atoms with Crippen LogP contribution in [0.25, 0.3) is 10.9 Å². The van der Waals surface area contributed by atoms with Crippen molar-refractivity contribution in [2.24, 2.45) is 0 Å². The van der Waals surface area contributed by atoms with Gasteiger partial charge in [-0.2, -0.15) is 0 Å². The molecule has 25 heavy (non-hydrogen) atoms. The summed E-state index contributed by atoms with van der Waals surface area (Å²) in [5, 5.41) is 0.697. The van der Waals surface area contributed by atoms with Gasteiger partial charge in [-0.25, -0.2) is 9.59 Å². The number of esters is 2. The number of ether oxygens (including phenoxy) is 2. The fourth-order valence-corrected chi connectivity index (χ4v) is 2.73. The third-order valence-electron chi connectivity index (χ3n) is 4.10. The van der Waals surface area contributed by atoms with Crippen LogP contribution in [0.1, 0.15) is 33.2 Å². The van der Waals surface area contributed by atoms with E-state index in [0.717, 1.165) is 17.6 Å². The van der Waals surface area contributed by atoms with Gasteiger partial charge in [0.05, 0.1) is 18.2 Å². The van der Waals surface area contributed by atoms with Crippen molar-refractivity contribution in [2.75, 3.05) is 7.11 Å². The maximum absolute atomic E-state index is 12.3. The first-order valence-electron chi connectivity index (χ1n) is 8.03. The van der Waals surface area contributed by atoms with E-state index in [1.54, 1.807) is 30.5 Å². The summed E-state index contributed by atoms with van der Waals surface area (Å²) < 4.78 is 12.3. The second kappa shape index (κ2) is 6.81. The molecule has 0 fully saturated rings. The minimum atomic E-state index is -0.436. The molecule has 2 aromatic carbocycles. The summed E-state index contributed by atoms with van der Waals surface area (Å²) in [5.74, 6) is -0.467. The molecule has 1 aromatic heterocycles. The zero-order valence-electron chi connectivity index (χ0n) is 14.4. The Morgan fingerprint density at radius 2 is 1.76 bits per heavy atom. The van der Waals surface area contributed by atoms with Gasteiger partial charge in [-0.3, -0.25) is 0 Å². The van der Waals surface area contributed by atoms with Gasteiger partial charge in [-0.05, 0) is 44.2 Å². The molecular formula is C20H19NO4. The Labute approximate surface area is 145 Å². The molecule has 0 N–H and O–H groups in total. The van der Waals surface area contributed by atoms with E-state index in [9.17, 15) is 9.59 Å². The second-order valence-electron chi connectivity index (χ2n) is 5.75. The molecule has 0 radical (unpaired) electrons. The monoisotopic (exact) mass is 337 g/mol. The van der Waals surface area contributed by atoms with Crippen molar-refractivity contribution in [1.82, 2.24) is 4.57 Å². The molecule has 3 aromatic rings. The minimum Gasteiger partial charge on any atom is -0.465 e. The third-order valence-corrected chi connectivity index (χ3v) is 4.10. The number of fused-ring (bicyclic) bond motifs is 1. The van der Waals surface area contributed by atoms with Gasteiger partial charge >= 0.3 is 11.9 Å². The van der Waals surface area contributed by atoms with Crippen molar-refractivity contribution in [3.05, 3.63) is 65.4 Å². The number of hydrogen-bond donors (Lipinski definition) is 0. The van der Waals surface area contributed by atoms with E-state index in [2.05, 4.69) is 0 Å². The van der Waals surface area contributed by atoms with Gasteiger partial charge < -0.3 is 14.0 Å². The normalized spacial score (nSPS) is 10.7. The largest absolute Gasteiger partial charge is 0.465 e. The number of aromatic nitrogens is 1. The predicted octanol–water partition coefficient (Wildman–Crippen LogP) is 3.98. The maximum Gasteiger partial charge on any atom is 0.343 e. The topological polar surface area (TPSA) is 57.5 Å². The molecular weight excluding hydrogens is 318 g/mol. The van der Waals surface area contributed by atoms with Gasteiger partial charge in [0.2, 0.25) is 0 Å². The summed E-state index contributed by atoms with van der Waals surface area (Å²) in [5.41, 5.74) is 2.89. The molecule has 0 bridgehead atoms. The molecule has 0 amide bonds. The van der Waals surface area contributed by atoms with E-state index in [-0.39, 0.29) is 0 Å². The first-order chi connectivity index (χ1) is 12.0. The molecule has 5 heteroatoms. The van der Waals surface area contributed by atoms with Crippen molar-refractivity contribution < 1.29 is 19.1 Å². The molecule has 128 valence electrons. The smallest absolute Gasteiger partial charge is 0.343 e. The lowest BCUT2D eigenvalue weighted by molar-refractivity contribution is 0.0602. The number of rotatable bonds is 4. The van der Waals surface area contributed by atoms with Crippen molar-refractivity contribution in [2.45, 2.75) is 20.4 Å². The Morgan fingerprint density at radius 3 is 2.40 bits per heavy atom.